The molecule has 1 saturated heterocycles. The summed E-state index contributed by atoms with van der Waals surface area (Å²) < 4.78 is 5.11. The van der Waals surface area contributed by atoms with E-state index in [1.54, 1.807) is 6.07 Å². The second kappa shape index (κ2) is 4.03. The molecule has 6 nitrogen and oxygen atoms in total. The van der Waals surface area contributed by atoms with Crippen LogP contribution in [0.1, 0.15) is 23.3 Å². The summed E-state index contributed by atoms with van der Waals surface area (Å²) in [5.74, 6) is 0.575. The molecule has 1 aliphatic heterocycles. The summed E-state index contributed by atoms with van der Waals surface area (Å²) >= 11 is 0. The summed E-state index contributed by atoms with van der Waals surface area (Å²) in [5.41, 5.74) is 1.65. The van der Waals surface area contributed by atoms with E-state index in [1.807, 2.05) is 0 Å². The number of hydrogen-bond donors (Lipinski definition) is 2. The van der Waals surface area contributed by atoms with Gasteiger partial charge in [-0.05, 0) is 31.4 Å². The molecule has 2 aromatic rings. The normalized spacial score (nSPS) is 28.9. The number of oxazole rings is 1. The SMILES string of the molecule is O=C(N[C@H]1C[C@@H]2CN[C@@H]1C2)c1cc2ncoc2cn1. The van der Waals surface area contributed by atoms with Crippen LogP contribution in [-0.2, 0) is 0 Å². The topological polar surface area (TPSA) is 80.0 Å². The Morgan fingerprint density at radius 1 is 1.42 bits per heavy atom. The van der Waals surface area contributed by atoms with Crippen molar-refractivity contribution in [1.29, 1.82) is 0 Å². The van der Waals surface area contributed by atoms with E-state index in [2.05, 4.69) is 20.6 Å². The molecule has 1 saturated carbocycles. The Hall–Kier alpha value is -1.95. The van der Waals surface area contributed by atoms with E-state index in [-0.39, 0.29) is 11.9 Å². The monoisotopic (exact) mass is 258 g/mol. The van der Waals surface area contributed by atoms with Gasteiger partial charge in [0.1, 0.15) is 11.2 Å². The zero-order valence-electron chi connectivity index (χ0n) is 10.3. The second-order valence-corrected chi connectivity index (χ2v) is 5.32. The van der Waals surface area contributed by atoms with Gasteiger partial charge in [0.15, 0.2) is 12.0 Å². The number of nitrogens with one attached hydrogen (secondary N) is 2. The van der Waals surface area contributed by atoms with Crippen LogP contribution in [0, 0.1) is 5.92 Å². The summed E-state index contributed by atoms with van der Waals surface area (Å²) in [6, 6.07) is 2.31. The van der Waals surface area contributed by atoms with Crippen molar-refractivity contribution in [3.05, 3.63) is 24.4 Å². The Morgan fingerprint density at radius 2 is 2.37 bits per heavy atom. The van der Waals surface area contributed by atoms with Crippen molar-refractivity contribution in [3.63, 3.8) is 0 Å². The van der Waals surface area contributed by atoms with Gasteiger partial charge in [0.25, 0.3) is 5.91 Å². The van der Waals surface area contributed by atoms with Gasteiger partial charge in [0, 0.05) is 12.1 Å². The van der Waals surface area contributed by atoms with Gasteiger partial charge >= 0.3 is 0 Å². The minimum atomic E-state index is -0.135. The fourth-order valence-electron chi connectivity index (χ4n) is 3.14. The molecule has 2 fully saturated rings. The molecule has 1 amide bonds. The number of carbonyl (C=O) groups excluding carboxylic acids is 1. The van der Waals surface area contributed by atoms with Crippen LogP contribution in [-0.4, -0.2) is 34.5 Å². The Morgan fingerprint density at radius 3 is 3.16 bits per heavy atom. The third kappa shape index (κ3) is 1.79. The summed E-state index contributed by atoms with van der Waals surface area (Å²) in [6.45, 7) is 1.08. The lowest BCUT2D eigenvalue weighted by atomic mass is 10.1. The third-order valence-electron chi connectivity index (χ3n) is 4.10. The first-order valence-corrected chi connectivity index (χ1v) is 6.53. The standard InChI is InChI=1S/C13H14N4O2/c18-13(17-9-2-7-1-8(9)14-4-7)11-3-10-12(5-15-11)19-6-16-10/h3,5-9,14H,1-2,4H2,(H,17,18)/t7-,8-,9+/m1/s1. The van der Waals surface area contributed by atoms with Gasteiger partial charge < -0.3 is 15.1 Å². The predicted molar refractivity (Wildman–Crippen MR) is 67.6 cm³/mol. The number of aromatic nitrogens is 2. The van der Waals surface area contributed by atoms with Crippen molar-refractivity contribution in [2.24, 2.45) is 5.92 Å². The van der Waals surface area contributed by atoms with E-state index in [4.69, 9.17) is 4.42 Å². The van der Waals surface area contributed by atoms with Crippen molar-refractivity contribution in [1.82, 2.24) is 20.6 Å². The molecule has 2 bridgehead atoms. The molecule has 3 heterocycles. The van der Waals surface area contributed by atoms with Crippen LogP contribution in [0.25, 0.3) is 11.1 Å². The molecule has 2 N–H and O–H groups in total. The highest BCUT2D eigenvalue weighted by molar-refractivity contribution is 5.95. The quantitative estimate of drug-likeness (QED) is 0.829. The lowest BCUT2D eigenvalue weighted by molar-refractivity contribution is 0.0923. The van der Waals surface area contributed by atoms with Gasteiger partial charge in [-0.3, -0.25) is 4.79 Å². The number of hydrogen-bond acceptors (Lipinski definition) is 5. The van der Waals surface area contributed by atoms with E-state index in [0.29, 0.717) is 28.8 Å². The van der Waals surface area contributed by atoms with Crippen molar-refractivity contribution in [2.45, 2.75) is 24.9 Å². The van der Waals surface area contributed by atoms with Crippen LogP contribution in [0.15, 0.2) is 23.1 Å². The van der Waals surface area contributed by atoms with Crippen molar-refractivity contribution >= 4 is 17.0 Å². The number of carbonyl (C=O) groups is 1. The molecule has 19 heavy (non-hydrogen) atoms. The maximum Gasteiger partial charge on any atom is 0.270 e. The van der Waals surface area contributed by atoms with E-state index in [9.17, 15) is 4.79 Å². The molecule has 6 heteroatoms. The van der Waals surface area contributed by atoms with Crippen LogP contribution < -0.4 is 10.6 Å². The first-order valence-electron chi connectivity index (χ1n) is 6.53. The van der Waals surface area contributed by atoms with Crippen molar-refractivity contribution in [2.75, 3.05) is 6.54 Å². The van der Waals surface area contributed by atoms with Crippen LogP contribution in [0.5, 0.6) is 0 Å². The Bertz CT molecular complexity index is 638. The molecule has 0 radical (unpaired) electrons. The number of rotatable bonds is 2. The van der Waals surface area contributed by atoms with E-state index >= 15 is 0 Å². The van der Waals surface area contributed by atoms with Crippen LogP contribution in [0.3, 0.4) is 0 Å². The molecule has 4 rings (SSSR count). The largest absolute Gasteiger partial charge is 0.442 e. The summed E-state index contributed by atoms with van der Waals surface area (Å²) in [5, 5.41) is 6.49. The molecule has 0 aromatic carbocycles. The fourth-order valence-corrected chi connectivity index (χ4v) is 3.14. The Balaban J connectivity index is 1.53. The zero-order valence-corrected chi connectivity index (χ0v) is 10.3. The van der Waals surface area contributed by atoms with Crippen molar-refractivity contribution in [3.8, 4) is 0 Å². The number of pyridine rings is 1. The van der Waals surface area contributed by atoms with Gasteiger partial charge in [0.2, 0.25) is 0 Å². The molecule has 2 aromatic heterocycles. The molecule has 98 valence electrons. The van der Waals surface area contributed by atoms with E-state index < -0.39 is 0 Å². The highest BCUT2D eigenvalue weighted by atomic mass is 16.3. The average Bonchev–Trinajstić information content (AvgIpc) is 3.13. The molecule has 0 spiro atoms. The van der Waals surface area contributed by atoms with Gasteiger partial charge in [-0.1, -0.05) is 0 Å². The Kier molecular flexibility index (Phi) is 2.32. The molecule has 1 aliphatic carbocycles. The minimum absolute atomic E-state index is 0.135. The highest BCUT2D eigenvalue weighted by Gasteiger charge is 2.40. The number of nitrogens with zero attached hydrogens (tertiary/aromatic N) is 2. The first-order chi connectivity index (χ1) is 9.29. The maximum atomic E-state index is 12.2. The van der Waals surface area contributed by atoms with Gasteiger partial charge in [-0.15, -0.1) is 0 Å². The molecule has 0 unspecified atom stereocenters. The Labute approximate surface area is 109 Å². The van der Waals surface area contributed by atoms with Gasteiger partial charge in [0.05, 0.1) is 6.20 Å². The lowest BCUT2D eigenvalue weighted by Gasteiger charge is -2.23. The maximum absolute atomic E-state index is 12.2. The summed E-state index contributed by atoms with van der Waals surface area (Å²) in [4.78, 5) is 20.3. The molecule has 2 aliphatic rings. The van der Waals surface area contributed by atoms with Crippen molar-refractivity contribution < 1.29 is 9.21 Å². The lowest BCUT2D eigenvalue weighted by Crippen LogP contribution is -2.48. The smallest absolute Gasteiger partial charge is 0.270 e. The zero-order chi connectivity index (χ0) is 12.8. The molecular weight excluding hydrogens is 244 g/mol. The average molecular weight is 258 g/mol. The third-order valence-corrected chi connectivity index (χ3v) is 4.10. The number of piperidine rings is 1. The van der Waals surface area contributed by atoms with Crippen LogP contribution in [0.2, 0.25) is 0 Å². The van der Waals surface area contributed by atoms with Gasteiger partial charge in [-0.2, -0.15) is 0 Å². The molecule has 3 atom stereocenters. The highest BCUT2D eigenvalue weighted by Crippen LogP contribution is 2.31. The first kappa shape index (κ1) is 10.9. The van der Waals surface area contributed by atoms with E-state index in [0.717, 1.165) is 13.0 Å². The van der Waals surface area contributed by atoms with Crippen LogP contribution >= 0.6 is 0 Å². The summed E-state index contributed by atoms with van der Waals surface area (Å²) in [6.07, 6.45) is 5.13. The molecular formula is C13H14N4O2. The minimum Gasteiger partial charge on any atom is -0.442 e. The van der Waals surface area contributed by atoms with Crippen LogP contribution in [0.4, 0.5) is 0 Å². The predicted octanol–water partition coefficient (Wildman–Crippen LogP) is 0.703. The van der Waals surface area contributed by atoms with E-state index in [1.165, 1.54) is 19.0 Å². The fraction of sp³-hybridized carbons (Fsp3) is 0.462. The number of amides is 1. The second-order valence-electron chi connectivity index (χ2n) is 5.32. The van der Waals surface area contributed by atoms with Gasteiger partial charge in [-0.25, -0.2) is 9.97 Å². The summed E-state index contributed by atoms with van der Waals surface area (Å²) in [7, 11) is 0. The number of fused-ring (bicyclic) bond motifs is 3.